The summed E-state index contributed by atoms with van der Waals surface area (Å²) in [6, 6.07) is 1.85. The number of halogens is 3. The SMILES string of the molecule is CC1(C)Cc2c(ccn2CCOCC(F)(F)F)C(O)C1. The molecule has 0 spiro atoms. The summed E-state index contributed by atoms with van der Waals surface area (Å²) in [5.41, 5.74) is 1.89. The lowest BCUT2D eigenvalue weighted by molar-refractivity contribution is -0.174. The number of fused-ring (bicyclic) bond motifs is 1. The van der Waals surface area contributed by atoms with Crippen molar-refractivity contribution in [2.45, 2.75) is 45.5 Å². The van der Waals surface area contributed by atoms with Crippen molar-refractivity contribution in [3.8, 4) is 0 Å². The van der Waals surface area contributed by atoms with Gasteiger partial charge in [0.15, 0.2) is 0 Å². The second kappa shape index (κ2) is 5.41. The molecule has 1 atom stereocenters. The maximum atomic E-state index is 12.0. The van der Waals surface area contributed by atoms with Crippen LogP contribution < -0.4 is 0 Å². The molecule has 1 heterocycles. The van der Waals surface area contributed by atoms with E-state index in [4.69, 9.17) is 0 Å². The number of hydrogen-bond acceptors (Lipinski definition) is 2. The van der Waals surface area contributed by atoms with Gasteiger partial charge in [-0.1, -0.05) is 13.8 Å². The lowest BCUT2D eigenvalue weighted by Gasteiger charge is -2.34. The van der Waals surface area contributed by atoms with Crippen LogP contribution in [0.4, 0.5) is 13.2 Å². The molecule has 114 valence electrons. The van der Waals surface area contributed by atoms with Crippen LogP contribution in [0.25, 0.3) is 0 Å². The number of aliphatic hydroxyl groups excluding tert-OH is 1. The van der Waals surface area contributed by atoms with Crippen LogP contribution in [-0.4, -0.2) is 29.1 Å². The molecular weight excluding hydrogens is 271 g/mol. The minimum Gasteiger partial charge on any atom is -0.388 e. The first-order valence-electron chi connectivity index (χ1n) is 6.68. The van der Waals surface area contributed by atoms with Crippen molar-refractivity contribution in [2.24, 2.45) is 5.41 Å². The van der Waals surface area contributed by atoms with Gasteiger partial charge in [0.05, 0.1) is 12.7 Å². The van der Waals surface area contributed by atoms with E-state index in [0.717, 1.165) is 17.7 Å². The monoisotopic (exact) mass is 291 g/mol. The molecule has 3 nitrogen and oxygen atoms in total. The summed E-state index contributed by atoms with van der Waals surface area (Å²) in [6.45, 7) is 3.32. The van der Waals surface area contributed by atoms with E-state index in [1.54, 1.807) is 0 Å². The standard InChI is InChI=1S/C14H20F3NO2/c1-13(2)7-11-10(12(19)8-13)3-4-18(11)5-6-20-9-14(15,16)17/h3-4,12,19H,5-9H2,1-2H3. The molecule has 0 amide bonds. The van der Waals surface area contributed by atoms with E-state index in [0.29, 0.717) is 13.0 Å². The molecule has 0 fully saturated rings. The molecule has 2 rings (SSSR count). The van der Waals surface area contributed by atoms with Crippen molar-refractivity contribution in [3.05, 3.63) is 23.5 Å². The van der Waals surface area contributed by atoms with Crippen molar-refractivity contribution in [3.63, 3.8) is 0 Å². The largest absolute Gasteiger partial charge is 0.411 e. The molecule has 0 aliphatic heterocycles. The van der Waals surface area contributed by atoms with Gasteiger partial charge in [0, 0.05) is 24.0 Å². The van der Waals surface area contributed by atoms with Crippen molar-refractivity contribution in [1.29, 1.82) is 0 Å². The minimum absolute atomic E-state index is 0.00462. The van der Waals surface area contributed by atoms with Crippen molar-refractivity contribution in [2.75, 3.05) is 13.2 Å². The van der Waals surface area contributed by atoms with Crippen LogP contribution in [0.3, 0.4) is 0 Å². The molecular formula is C14H20F3NO2. The molecule has 1 aliphatic rings. The fraction of sp³-hybridized carbons (Fsp3) is 0.714. The average Bonchev–Trinajstić information content (AvgIpc) is 2.65. The molecule has 1 aliphatic carbocycles. The quantitative estimate of drug-likeness (QED) is 0.865. The molecule has 0 saturated carbocycles. The van der Waals surface area contributed by atoms with Gasteiger partial charge in [-0.3, -0.25) is 0 Å². The zero-order chi connectivity index (χ0) is 15.0. The van der Waals surface area contributed by atoms with Gasteiger partial charge in [-0.05, 0) is 24.3 Å². The Morgan fingerprint density at radius 1 is 1.45 bits per heavy atom. The number of aromatic nitrogens is 1. The molecule has 0 saturated heterocycles. The topological polar surface area (TPSA) is 34.4 Å². The summed E-state index contributed by atoms with van der Waals surface area (Å²) < 4.78 is 42.5. The van der Waals surface area contributed by atoms with Gasteiger partial charge in [-0.15, -0.1) is 0 Å². The third-order valence-electron chi connectivity index (χ3n) is 3.61. The Balaban J connectivity index is 1.98. The smallest absolute Gasteiger partial charge is 0.388 e. The Labute approximate surface area is 116 Å². The van der Waals surface area contributed by atoms with Crippen LogP contribution in [0.1, 0.15) is 37.6 Å². The summed E-state index contributed by atoms with van der Waals surface area (Å²) in [7, 11) is 0. The molecule has 0 radical (unpaired) electrons. The third-order valence-corrected chi connectivity index (χ3v) is 3.61. The number of hydrogen-bond donors (Lipinski definition) is 1. The number of rotatable bonds is 4. The first-order chi connectivity index (χ1) is 9.18. The zero-order valence-corrected chi connectivity index (χ0v) is 11.7. The van der Waals surface area contributed by atoms with Gasteiger partial charge in [0.25, 0.3) is 0 Å². The Morgan fingerprint density at radius 3 is 2.80 bits per heavy atom. The van der Waals surface area contributed by atoms with E-state index in [-0.39, 0.29) is 12.0 Å². The Bertz CT molecular complexity index is 465. The van der Waals surface area contributed by atoms with E-state index in [9.17, 15) is 18.3 Å². The highest BCUT2D eigenvalue weighted by Crippen LogP contribution is 2.40. The molecule has 6 heteroatoms. The van der Waals surface area contributed by atoms with Gasteiger partial charge in [-0.2, -0.15) is 13.2 Å². The number of nitrogens with zero attached hydrogens (tertiary/aromatic N) is 1. The second-order valence-electron chi connectivity index (χ2n) is 6.14. The first-order valence-corrected chi connectivity index (χ1v) is 6.68. The fourth-order valence-electron chi connectivity index (χ4n) is 2.75. The highest BCUT2D eigenvalue weighted by molar-refractivity contribution is 5.29. The van der Waals surface area contributed by atoms with Crippen LogP contribution in [0, 0.1) is 5.41 Å². The predicted molar refractivity (Wildman–Crippen MR) is 68.4 cm³/mol. The highest BCUT2D eigenvalue weighted by atomic mass is 19.4. The normalized spacial score (nSPS) is 21.8. The molecule has 20 heavy (non-hydrogen) atoms. The molecule has 1 unspecified atom stereocenters. The van der Waals surface area contributed by atoms with Gasteiger partial charge in [-0.25, -0.2) is 0 Å². The number of alkyl halides is 3. The van der Waals surface area contributed by atoms with Gasteiger partial charge in [0.2, 0.25) is 0 Å². The molecule has 1 aromatic heterocycles. The number of ether oxygens (including phenoxy) is 1. The minimum atomic E-state index is -4.28. The first kappa shape index (κ1) is 15.4. The predicted octanol–water partition coefficient (Wildman–Crippen LogP) is 3.07. The highest BCUT2D eigenvalue weighted by Gasteiger charge is 2.33. The summed E-state index contributed by atoms with van der Waals surface area (Å²) in [6.07, 6.45) is -1.45. The molecule has 1 aromatic rings. The van der Waals surface area contributed by atoms with Crippen LogP contribution in [0.15, 0.2) is 12.3 Å². The lowest BCUT2D eigenvalue weighted by Crippen LogP contribution is -2.27. The Kier molecular flexibility index (Phi) is 4.16. The molecule has 0 bridgehead atoms. The summed E-state index contributed by atoms with van der Waals surface area (Å²) in [5.74, 6) is 0. The number of aliphatic hydroxyl groups is 1. The second-order valence-corrected chi connectivity index (χ2v) is 6.14. The van der Waals surface area contributed by atoms with Crippen LogP contribution in [0.5, 0.6) is 0 Å². The maximum Gasteiger partial charge on any atom is 0.411 e. The maximum absolute atomic E-state index is 12.0. The van der Waals surface area contributed by atoms with Crippen molar-refractivity contribution in [1.82, 2.24) is 4.57 Å². The van der Waals surface area contributed by atoms with E-state index >= 15 is 0 Å². The van der Waals surface area contributed by atoms with Crippen LogP contribution in [-0.2, 0) is 17.7 Å². The third kappa shape index (κ3) is 3.76. The van der Waals surface area contributed by atoms with Crippen molar-refractivity contribution >= 4 is 0 Å². The van der Waals surface area contributed by atoms with E-state index < -0.39 is 18.9 Å². The van der Waals surface area contributed by atoms with E-state index in [2.05, 4.69) is 18.6 Å². The van der Waals surface area contributed by atoms with Crippen molar-refractivity contribution < 1.29 is 23.0 Å². The zero-order valence-electron chi connectivity index (χ0n) is 11.7. The van der Waals surface area contributed by atoms with Crippen LogP contribution >= 0.6 is 0 Å². The van der Waals surface area contributed by atoms with E-state index in [1.807, 2.05) is 16.8 Å². The summed E-state index contributed by atoms with van der Waals surface area (Å²) in [4.78, 5) is 0. The van der Waals surface area contributed by atoms with E-state index in [1.165, 1.54) is 0 Å². The fourth-order valence-corrected chi connectivity index (χ4v) is 2.75. The molecule has 1 N–H and O–H groups in total. The van der Waals surface area contributed by atoms with Crippen LogP contribution in [0.2, 0.25) is 0 Å². The molecule has 0 aromatic carbocycles. The Hall–Kier alpha value is -1.01. The lowest BCUT2D eigenvalue weighted by atomic mass is 9.75. The van der Waals surface area contributed by atoms with Gasteiger partial charge >= 0.3 is 6.18 Å². The Morgan fingerprint density at radius 2 is 2.15 bits per heavy atom. The summed E-state index contributed by atoms with van der Waals surface area (Å²) in [5, 5.41) is 10.1. The van der Waals surface area contributed by atoms with Gasteiger partial charge in [0.1, 0.15) is 6.61 Å². The van der Waals surface area contributed by atoms with Gasteiger partial charge < -0.3 is 14.4 Å². The summed E-state index contributed by atoms with van der Waals surface area (Å²) >= 11 is 0. The average molecular weight is 291 g/mol.